The van der Waals surface area contributed by atoms with E-state index in [2.05, 4.69) is 5.32 Å². The van der Waals surface area contributed by atoms with Crippen molar-refractivity contribution >= 4 is 5.91 Å². The summed E-state index contributed by atoms with van der Waals surface area (Å²) < 4.78 is 0. The first-order chi connectivity index (χ1) is 9.27. The van der Waals surface area contributed by atoms with E-state index >= 15 is 0 Å². The minimum Gasteiger partial charge on any atom is -0.314 e. The molecule has 19 heavy (non-hydrogen) atoms. The maximum atomic E-state index is 12.4. The largest absolute Gasteiger partial charge is 0.314 e. The lowest BCUT2D eigenvalue weighted by molar-refractivity contribution is -0.132. The van der Waals surface area contributed by atoms with Gasteiger partial charge in [0.15, 0.2) is 0 Å². The SMILES string of the molecule is N#CCN(CC#N)C(=O)C1NCCc2ccccc21. The Kier molecular flexibility index (Phi) is 4.12. The zero-order valence-corrected chi connectivity index (χ0v) is 10.5. The third-order valence-corrected chi connectivity index (χ3v) is 3.19. The average molecular weight is 254 g/mol. The molecule has 96 valence electrons. The highest BCUT2D eigenvalue weighted by atomic mass is 16.2. The maximum absolute atomic E-state index is 12.4. The van der Waals surface area contributed by atoms with Crippen LogP contribution in [0.15, 0.2) is 24.3 Å². The number of fused-ring (bicyclic) bond motifs is 1. The Morgan fingerprint density at radius 1 is 1.32 bits per heavy atom. The van der Waals surface area contributed by atoms with Gasteiger partial charge in [-0.1, -0.05) is 24.3 Å². The Hall–Kier alpha value is -2.37. The van der Waals surface area contributed by atoms with Crippen molar-refractivity contribution in [2.75, 3.05) is 19.6 Å². The van der Waals surface area contributed by atoms with Crippen molar-refractivity contribution in [3.8, 4) is 12.1 Å². The number of nitrogens with zero attached hydrogens (tertiary/aromatic N) is 3. The van der Waals surface area contributed by atoms with Gasteiger partial charge >= 0.3 is 0 Å². The third-order valence-electron chi connectivity index (χ3n) is 3.19. The van der Waals surface area contributed by atoms with Crippen LogP contribution in [0.3, 0.4) is 0 Å². The summed E-state index contributed by atoms with van der Waals surface area (Å²) in [5.41, 5.74) is 2.09. The summed E-state index contributed by atoms with van der Waals surface area (Å²) in [6, 6.07) is 11.2. The molecule has 1 N–H and O–H groups in total. The van der Waals surface area contributed by atoms with Gasteiger partial charge in [-0.2, -0.15) is 10.5 Å². The van der Waals surface area contributed by atoms with Crippen molar-refractivity contribution in [3.63, 3.8) is 0 Å². The topological polar surface area (TPSA) is 79.9 Å². The van der Waals surface area contributed by atoms with E-state index in [0.717, 1.165) is 24.1 Å². The van der Waals surface area contributed by atoms with Crippen LogP contribution in [0.5, 0.6) is 0 Å². The number of nitriles is 2. The second-order valence-corrected chi connectivity index (χ2v) is 4.35. The Morgan fingerprint density at radius 3 is 2.68 bits per heavy atom. The molecule has 1 unspecified atom stereocenters. The van der Waals surface area contributed by atoms with Crippen LogP contribution < -0.4 is 5.32 Å². The fraction of sp³-hybridized carbons (Fsp3) is 0.357. The minimum absolute atomic E-state index is 0.0628. The molecule has 0 fully saturated rings. The van der Waals surface area contributed by atoms with Crippen LogP contribution in [0.2, 0.25) is 0 Å². The Balaban J connectivity index is 2.25. The number of benzene rings is 1. The molecule has 0 spiro atoms. The number of amides is 1. The van der Waals surface area contributed by atoms with Crippen molar-refractivity contribution < 1.29 is 4.79 Å². The first-order valence-corrected chi connectivity index (χ1v) is 6.11. The fourth-order valence-corrected chi connectivity index (χ4v) is 2.29. The smallest absolute Gasteiger partial charge is 0.246 e. The van der Waals surface area contributed by atoms with Crippen LogP contribution in [0.4, 0.5) is 0 Å². The molecule has 1 heterocycles. The molecule has 1 amide bonds. The van der Waals surface area contributed by atoms with Gasteiger partial charge in [0.2, 0.25) is 5.91 Å². The first kappa shape index (κ1) is 13.1. The molecule has 0 saturated heterocycles. The van der Waals surface area contributed by atoms with Gasteiger partial charge in [-0.25, -0.2) is 0 Å². The van der Waals surface area contributed by atoms with Crippen LogP contribution in [0.1, 0.15) is 17.2 Å². The van der Waals surface area contributed by atoms with E-state index < -0.39 is 6.04 Å². The molecule has 1 aromatic carbocycles. The van der Waals surface area contributed by atoms with Crippen LogP contribution >= 0.6 is 0 Å². The van der Waals surface area contributed by atoms with Gasteiger partial charge in [-0.3, -0.25) is 4.79 Å². The third kappa shape index (κ3) is 2.73. The summed E-state index contributed by atoms with van der Waals surface area (Å²) in [6.45, 7) is 0.597. The van der Waals surface area contributed by atoms with Crippen molar-refractivity contribution in [3.05, 3.63) is 35.4 Å². The van der Waals surface area contributed by atoms with Gasteiger partial charge in [0, 0.05) is 6.54 Å². The zero-order valence-electron chi connectivity index (χ0n) is 10.5. The van der Waals surface area contributed by atoms with E-state index in [-0.39, 0.29) is 19.0 Å². The van der Waals surface area contributed by atoms with Gasteiger partial charge in [-0.05, 0) is 17.5 Å². The maximum Gasteiger partial charge on any atom is 0.246 e. The van der Waals surface area contributed by atoms with Crippen molar-refractivity contribution in [2.45, 2.75) is 12.5 Å². The number of carbonyl (C=O) groups excluding carboxylic acids is 1. The van der Waals surface area contributed by atoms with Gasteiger partial charge < -0.3 is 10.2 Å². The Morgan fingerprint density at radius 2 is 2.00 bits per heavy atom. The molecule has 0 bridgehead atoms. The van der Waals surface area contributed by atoms with Crippen molar-refractivity contribution in [1.82, 2.24) is 10.2 Å². The Bertz CT molecular complexity index is 539. The lowest BCUT2D eigenvalue weighted by Crippen LogP contribution is -2.44. The molecule has 1 aliphatic rings. The number of carbonyl (C=O) groups is 1. The molecule has 1 aromatic rings. The van der Waals surface area contributed by atoms with E-state index in [1.54, 1.807) is 0 Å². The normalized spacial score (nSPS) is 16.8. The highest BCUT2D eigenvalue weighted by Gasteiger charge is 2.29. The minimum atomic E-state index is -0.452. The van der Waals surface area contributed by atoms with E-state index in [4.69, 9.17) is 10.5 Å². The molecule has 0 radical (unpaired) electrons. The van der Waals surface area contributed by atoms with Gasteiger partial charge in [0.05, 0.1) is 12.1 Å². The van der Waals surface area contributed by atoms with Crippen molar-refractivity contribution in [2.24, 2.45) is 0 Å². The van der Waals surface area contributed by atoms with Crippen LogP contribution in [0.25, 0.3) is 0 Å². The predicted molar refractivity (Wildman–Crippen MR) is 68.7 cm³/mol. The molecular weight excluding hydrogens is 240 g/mol. The standard InChI is InChI=1S/C14H14N4O/c15-6-9-18(10-7-16)14(19)13-12-4-2-1-3-11(12)5-8-17-13/h1-4,13,17H,5,8-10H2. The monoisotopic (exact) mass is 254 g/mol. The van der Waals surface area contributed by atoms with Gasteiger partial charge in [0.25, 0.3) is 0 Å². The summed E-state index contributed by atoms with van der Waals surface area (Å²) >= 11 is 0. The first-order valence-electron chi connectivity index (χ1n) is 6.11. The van der Waals surface area contributed by atoms with E-state index in [0.29, 0.717) is 0 Å². The Labute approximate surface area is 112 Å². The molecule has 1 atom stereocenters. The van der Waals surface area contributed by atoms with E-state index in [1.807, 2.05) is 36.4 Å². The molecule has 2 rings (SSSR count). The fourth-order valence-electron chi connectivity index (χ4n) is 2.29. The molecule has 0 saturated carbocycles. The highest BCUT2D eigenvalue weighted by Crippen LogP contribution is 2.24. The number of rotatable bonds is 3. The lowest BCUT2D eigenvalue weighted by atomic mass is 9.93. The summed E-state index contributed by atoms with van der Waals surface area (Å²) in [6.07, 6.45) is 0.885. The van der Waals surface area contributed by atoms with Gasteiger partial charge in [0.1, 0.15) is 19.1 Å². The van der Waals surface area contributed by atoms with Crippen molar-refractivity contribution in [1.29, 1.82) is 10.5 Å². The summed E-state index contributed by atoms with van der Waals surface area (Å²) in [5.74, 6) is -0.213. The summed E-state index contributed by atoms with van der Waals surface area (Å²) in [7, 11) is 0. The molecule has 0 aliphatic carbocycles. The molecule has 0 aromatic heterocycles. The zero-order chi connectivity index (χ0) is 13.7. The van der Waals surface area contributed by atoms with E-state index in [1.165, 1.54) is 4.90 Å². The lowest BCUT2D eigenvalue weighted by Gasteiger charge is -2.29. The second-order valence-electron chi connectivity index (χ2n) is 4.35. The highest BCUT2D eigenvalue weighted by molar-refractivity contribution is 5.84. The van der Waals surface area contributed by atoms with Crippen LogP contribution in [-0.2, 0) is 11.2 Å². The molecule has 1 aliphatic heterocycles. The summed E-state index contributed by atoms with van der Waals surface area (Å²) in [4.78, 5) is 13.7. The second kappa shape index (κ2) is 5.99. The number of hydrogen-bond donors (Lipinski definition) is 1. The summed E-state index contributed by atoms with van der Waals surface area (Å²) in [5, 5.41) is 20.6. The number of hydrogen-bond acceptors (Lipinski definition) is 4. The van der Waals surface area contributed by atoms with Crippen LogP contribution in [-0.4, -0.2) is 30.4 Å². The average Bonchev–Trinajstić information content (AvgIpc) is 2.46. The number of nitrogens with one attached hydrogen (secondary N) is 1. The predicted octanol–water partition coefficient (Wildman–Crippen LogP) is 0.749. The van der Waals surface area contributed by atoms with Crippen LogP contribution in [0, 0.1) is 22.7 Å². The molecule has 5 heteroatoms. The quantitative estimate of drug-likeness (QED) is 0.807. The molecular formula is C14H14N4O. The van der Waals surface area contributed by atoms with Gasteiger partial charge in [-0.15, -0.1) is 0 Å². The van der Waals surface area contributed by atoms with E-state index in [9.17, 15) is 4.79 Å². The molecule has 5 nitrogen and oxygen atoms in total.